The van der Waals surface area contributed by atoms with E-state index in [1.807, 2.05) is 6.92 Å². The molecule has 138 valence electrons. The van der Waals surface area contributed by atoms with Crippen LogP contribution in [0.2, 0.25) is 0 Å². The summed E-state index contributed by atoms with van der Waals surface area (Å²) >= 11 is 0. The first-order valence-electron chi connectivity index (χ1n) is 9.03. The second-order valence-electron chi connectivity index (χ2n) is 6.96. The first-order chi connectivity index (χ1) is 11.9. The highest BCUT2D eigenvalue weighted by Gasteiger charge is 2.20. The van der Waals surface area contributed by atoms with E-state index in [4.69, 9.17) is 0 Å². The van der Waals surface area contributed by atoms with Crippen LogP contribution in [0.25, 0.3) is 0 Å². The number of anilines is 1. The summed E-state index contributed by atoms with van der Waals surface area (Å²) in [6, 6.07) is 5.39. The van der Waals surface area contributed by atoms with Gasteiger partial charge in [0.2, 0.25) is 0 Å². The predicted octanol–water partition coefficient (Wildman–Crippen LogP) is 2.60. The van der Waals surface area contributed by atoms with Crippen molar-refractivity contribution >= 4 is 17.6 Å². The molecule has 0 radical (unpaired) electrons. The van der Waals surface area contributed by atoms with Crippen LogP contribution in [-0.2, 0) is 0 Å². The largest absolute Gasteiger partial charge is 0.355 e. The van der Waals surface area contributed by atoms with E-state index in [-0.39, 0.29) is 11.9 Å². The highest BCUT2D eigenvalue weighted by Crippen LogP contribution is 2.19. The molecule has 0 aliphatic carbocycles. The van der Waals surface area contributed by atoms with Crippen LogP contribution in [0.5, 0.6) is 0 Å². The molecular formula is C19H30N4O2. The van der Waals surface area contributed by atoms with Gasteiger partial charge in [-0.2, -0.15) is 0 Å². The molecule has 1 aromatic rings. The predicted molar refractivity (Wildman–Crippen MR) is 101 cm³/mol. The molecule has 2 rings (SSSR count). The maximum Gasteiger partial charge on any atom is 0.319 e. The van der Waals surface area contributed by atoms with Crippen LogP contribution >= 0.6 is 0 Å². The summed E-state index contributed by atoms with van der Waals surface area (Å²) in [5, 5.41) is 8.39. The van der Waals surface area contributed by atoms with E-state index in [0.29, 0.717) is 23.8 Å². The highest BCUT2D eigenvalue weighted by molar-refractivity contribution is 5.98. The summed E-state index contributed by atoms with van der Waals surface area (Å²) in [7, 11) is 1.59. The Morgan fingerprint density at radius 2 is 1.96 bits per heavy atom. The molecule has 3 N–H and O–H groups in total. The van der Waals surface area contributed by atoms with Crippen molar-refractivity contribution in [2.75, 3.05) is 32.0 Å². The van der Waals surface area contributed by atoms with Gasteiger partial charge in [-0.15, -0.1) is 0 Å². The van der Waals surface area contributed by atoms with Crippen molar-refractivity contribution in [2.45, 2.75) is 39.7 Å². The molecule has 1 heterocycles. The molecule has 0 saturated carbocycles. The third-order valence-corrected chi connectivity index (χ3v) is 5.05. The Labute approximate surface area is 150 Å². The number of nitrogens with one attached hydrogen (secondary N) is 3. The maximum atomic E-state index is 12.2. The van der Waals surface area contributed by atoms with Crippen LogP contribution in [0.1, 0.15) is 42.6 Å². The highest BCUT2D eigenvalue weighted by atomic mass is 16.2. The minimum absolute atomic E-state index is 0.158. The lowest BCUT2D eigenvalue weighted by atomic mass is 9.98. The van der Waals surface area contributed by atoms with E-state index >= 15 is 0 Å². The van der Waals surface area contributed by atoms with Crippen molar-refractivity contribution in [1.29, 1.82) is 0 Å². The van der Waals surface area contributed by atoms with E-state index in [9.17, 15) is 9.59 Å². The van der Waals surface area contributed by atoms with Gasteiger partial charge in [0.15, 0.2) is 0 Å². The second kappa shape index (κ2) is 8.85. The normalized spacial score (nSPS) is 17.0. The molecule has 0 unspecified atom stereocenters. The second-order valence-corrected chi connectivity index (χ2v) is 6.96. The molecule has 25 heavy (non-hydrogen) atoms. The number of carbonyl (C=O) groups is 2. The van der Waals surface area contributed by atoms with Crippen molar-refractivity contribution in [3.05, 3.63) is 29.3 Å². The Morgan fingerprint density at radius 3 is 2.60 bits per heavy atom. The number of benzene rings is 1. The fourth-order valence-corrected chi connectivity index (χ4v) is 3.16. The molecule has 0 bridgehead atoms. The van der Waals surface area contributed by atoms with Gasteiger partial charge in [-0.25, -0.2) is 4.79 Å². The summed E-state index contributed by atoms with van der Waals surface area (Å²) in [5.41, 5.74) is 1.98. The zero-order chi connectivity index (χ0) is 18.4. The van der Waals surface area contributed by atoms with Gasteiger partial charge in [-0.3, -0.25) is 9.69 Å². The Morgan fingerprint density at radius 1 is 1.28 bits per heavy atom. The van der Waals surface area contributed by atoms with Crippen molar-refractivity contribution in [1.82, 2.24) is 15.5 Å². The number of urea groups is 1. The molecule has 1 aromatic carbocycles. The van der Waals surface area contributed by atoms with Crippen LogP contribution in [0, 0.1) is 12.8 Å². The fourth-order valence-electron chi connectivity index (χ4n) is 3.16. The summed E-state index contributed by atoms with van der Waals surface area (Å²) in [6.45, 7) is 9.07. The Bertz CT molecular complexity index is 609. The van der Waals surface area contributed by atoms with Gasteiger partial charge in [0.1, 0.15) is 0 Å². The number of hydrogen-bond acceptors (Lipinski definition) is 3. The van der Waals surface area contributed by atoms with Gasteiger partial charge in [-0.1, -0.05) is 13.0 Å². The SMILES string of the molecule is CNC(=O)c1cccc(NC(=O)NC[C@@H](C)N2CCC(C)CC2)c1C. The molecule has 1 aliphatic heterocycles. The smallest absolute Gasteiger partial charge is 0.319 e. The molecule has 0 spiro atoms. The lowest BCUT2D eigenvalue weighted by molar-refractivity contribution is 0.0962. The number of likely N-dealkylation sites (tertiary alicyclic amines) is 1. The standard InChI is InChI=1S/C19H30N4O2/c1-13-8-10-23(11-9-13)14(2)12-21-19(25)22-17-7-5-6-16(15(17)3)18(24)20-4/h5-7,13-14H,8-12H2,1-4H3,(H,20,24)(H2,21,22,25)/t14-/m1/s1. The molecular weight excluding hydrogens is 316 g/mol. The van der Waals surface area contributed by atoms with Crippen LogP contribution in [0.4, 0.5) is 10.5 Å². The van der Waals surface area contributed by atoms with Gasteiger partial charge in [0.05, 0.1) is 0 Å². The van der Waals surface area contributed by atoms with Gasteiger partial charge >= 0.3 is 6.03 Å². The third kappa shape index (κ3) is 5.19. The number of amides is 3. The first kappa shape index (κ1) is 19.2. The number of nitrogens with zero attached hydrogens (tertiary/aromatic N) is 1. The van der Waals surface area contributed by atoms with Crippen LogP contribution < -0.4 is 16.0 Å². The molecule has 1 aliphatic rings. The van der Waals surface area contributed by atoms with E-state index in [1.54, 1.807) is 25.2 Å². The fraction of sp³-hybridized carbons (Fsp3) is 0.579. The van der Waals surface area contributed by atoms with E-state index in [2.05, 4.69) is 34.7 Å². The number of rotatable bonds is 5. The Kier molecular flexibility index (Phi) is 6.82. The van der Waals surface area contributed by atoms with E-state index < -0.39 is 0 Å². The zero-order valence-electron chi connectivity index (χ0n) is 15.7. The van der Waals surface area contributed by atoms with Gasteiger partial charge in [-0.05, 0) is 63.4 Å². The summed E-state index contributed by atoms with van der Waals surface area (Å²) < 4.78 is 0. The van der Waals surface area contributed by atoms with Gasteiger partial charge in [0.25, 0.3) is 5.91 Å². The molecule has 1 atom stereocenters. The van der Waals surface area contributed by atoms with E-state index in [1.165, 1.54) is 12.8 Å². The van der Waals surface area contributed by atoms with Crippen molar-refractivity contribution < 1.29 is 9.59 Å². The lowest BCUT2D eigenvalue weighted by Gasteiger charge is -2.35. The van der Waals surface area contributed by atoms with Crippen molar-refractivity contribution in [3.63, 3.8) is 0 Å². The molecule has 3 amide bonds. The first-order valence-corrected chi connectivity index (χ1v) is 9.03. The van der Waals surface area contributed by atoms with Gasteiger partial charge in [0, 0.05) is 30.9 Å². The van der Waals surface area contributed by atoms with E-state index in [0.717, 1.165) is 24.6 Å². The van der Waals surface area contributed by atoms with Crippen LogP contribution in [0.15, 0.2) is 18.2 Å². The summed E-state index contributed by atoms with van der Waals surface area (Å²) in [4.78, 5) is 26.5. The summed E-state index contributed by atoms with van der Waals surface area (Å²) in [5.74, 6) is 0.643. The maximum absolute atomic E-state index is 12.2. The zero-order valence-corrected chi connectivity index (χ0v) is 15.7. The lowest BCUT2D eigenvalue weighted by Crippen LogP contribution is -2.46. The van der Waals surface area contributed by atoms with Crippen molar-refractivity contribution in [2.24, 2.45) is 5.92 Å². The topological polar surface area (TPSA) is 73.5 Å². The molecule has 6 nitrogen and oxygen atoms in total. The summed E-state index contributed by atoms with van der Waals surface area (Å²) in [6.07, 6.45) is 2.45. The van der Waals surface area contributed by atoms with Gasteiger partial charge < -0.3 is 16.0 Å². The number of piperidine rings is 1. The van der Waals surface area contributed by atoms with Crippen LogP contribution in [-0.4, -0.2) is 49.6 Å². The molecule has 0 aromatic heterocycles. The monoisotopic (exact) mass is 346 g/mol. The molecule has 1 saturated heterocycles. The minimum atomic E-state index is -0.241. The van der Waals surface area contributed by atoms with Crippen LogP contribution in [0.3, 0.4) is 0 Å². The Hall–Kier alpha value is -2.08. The average molecular weight is 346 g/mol. The number of carbonyl (C=O) groups excluding carboxylic acids is 2. The molecule has 6 heteroatoms. The third-order valence-electron chi connectivity index (χ3n) is 5.05. The van der Waals surface area contributed by atoms with Crippen molar-refractivity contribution in [3.8, 4) is 0 Å². The quantitative estimate of drug-likeness (QED) is 0.767. The Balaban J connectivity index is 1.87. The number of hydrogen-bond donors (Lipinski definition) is 3. The minimum Gasteiger partial charge on any atom is -0.355 e. The average Bonchev–Trinajstić information content (AvgIpc) is 2.61. The molecule has 1 fully saturated rings.